The number of nitrogens with one attached hydrogen (secondary N) is 1. The van der Waals surface area contributed by atoms with Crippen LogP contribution in [0.3, 0.4) is 0 Å². The lowest BCUT2D eigenvalue weighted by molar-refractivity contribution is -0.123. The summed E-state index contributed by atoms with van der Waals surface area (Å²) < 4.78 is 17.5. The van der Waals surface area contributed by atoms with Crippen LogP contribution in [0.2, 0.25) is 0 Å². The Morgan fingerprint density at radius 1 is 1.09 bits per heavy atom. The van der Waals surface area contributed by atoms with E-state index in [1.54, 1.807) is 24.4 Å². The average molecular weight is 461 g/mol. The van der Waals surface area contributed by atoms with Crippen LogP contribution in [0, 0.1) is 17.7 Å². The number of aromatic nitrogens is 3. The first-order chi connectivity index (χ1) is 16.4. The minimum Gasteiger partial charge on any atom is -0.351 e. The third kappa shape index (κ3) is 4.00. The predicted molar refractivity (Wildman–Crippen MR) is 131 cm³/mol. The van der Waals surface area contributed by atoms with E-state index in [9.17, 15) is 14.0 Å². The van der Waals surface area contributed by atoms with Gasteiger partial charge in [-0.15, -0.1) is 0 Å². The molecule has 0 bridgehead atoms. The van der Waals surface area contributed by atoms with Gasteiger partial charge in [0.15, 0.2) is 0 Å². The topological polar surface area (TPSA) is 68.9 Å². The lowest BCUT2D eigenvalue weighted by atomic mass is 9.78. The van der Waals surface area contributed by atoms with Crippen molar-refractivity contribution in [3.8, 4) is 0 Å². The van der Waals surface area contributed by atoms with Gasteiger partial charge in [0.1, 0.15) is 17.9 Å². The van der Waals surface area contributed by atoms with Crippen LogP contribution >= 0.6 is 0 Å². The molecule has 0 unspecified atom stereocenters. The molecule has 5 rings (SSSR count). The molecule has 176 valence electrons. The molecule has 0 aliphatic heterocycles. The Bertz CT molecular complexity index is 1420. The van der Waals surface area contributed by atoms with E-state index in [2.05, 4.69) is 24.3 Å². The van der Waals surface area contributed by atoms with Crippen LogP contribution < -0.4 is 10.9 Å². The van der Waals surface area contributed by atoms with Crippen LogP contribution in [0.5, 0.6) is 0 Å². The zero-order chi connectivity index (χ0) is 23.8. The van der Waals surface area contributed by atoms with Gasteiger partial charge >= 0.3 is 0 Å². The van der Waals surface area contributed by atoms with Gasteiger partial charge < -0.3 is 9.88 Å². The molecule has 0 radical (unpaired) electrons. The van der Waals surface area contributed by atoms with Crippen LogP contribution in [-0.4, -0.2) is 26.3 Å². The first-order valence-corrected chi connectivity index (χ1v) is 11.9. The lowest BCUT2D eigenvalue weighted by Crippen LogP contribution is -2.45. The molecular formula is C27H29FN4O2. The van der Waals surface area contributed by atoms with E-state index in [1.165, 1.54) is 17.2 Å². The molecule has 4 aromatic rings. The second kappa shape index (κ2) is 9.05. The van der Waals surface area contributed by atoms with E-state index in [0.717, 1.165) is 23.7 Å². The number of halogens is 1. The highest BCUT2D eigenvalue weighted by Gasteiger charge is 2.28. The Kier molecular flexibility index (Phi) is 5.94. The van der Waals surface area contributed by atoms with E-state index >= 15 is 0 Å². The summed E-state index contributed by atoms with van der Waals surface area (Å²) in [5, 5.41) is 9.01. The summed E-state index contributed by atoms with van der Waals surface area (Å²) in [6.45, 7) is 4.46. The van der Waals surface area contributed by atoms with Crippen molar-refractivity contribution in [3.05, 3.63) is 76.5 Å². The number of rotatable bonds is 5. The minimum atomic E-state index is -0.356. The molecule has 1 saturated carbocycles. The van der Waals surface area contributed by atoms with Gasteiger partial charge in [-0.05, 0) is 30.4 Å². The summed E-state index contributed by atoms with van der Waals surface area (Å²) in [6, 6.07) is 14.3. The van der Waals surface area contributed by atoms with Crippen LogP contribution in [0.25, 0.3) is 21.8 Å². The Morgan fingerprint density at radius 3 is 2.68 bits per heavy atom. The highest BCUT2D eigenvalue weighted by Crippen LogP contribution is 2.30. The minimum absolute atomic E-state index is 0.114. The van der Waals surface area contributed by atoms with Crippen LogP contribution in [0.1, 0.15) is 38.7 Å². The summed E-state index contributed by atoms with van der Waals surface area (Å²) in [4.78, 5) is 26.4. The number of hydrogen-bond donors (Lipinski definition) is 1. The van der Waals surface area contributed by atoms with Gasteiger partial charge in [-0.1, -0.05) is 63.1 Å². The van der Waals surface area contributed by atoms with E-state index in [4.69, 9.17) is 0 Å². The molecule has 0 spiro atoms. The summed E-state index contributed by atoms with van der Waals surface area (Å²) in [5.74, 6) is 0.424. The Labute approximate surface area is 197 Å². The van der Waals surface area contributed by atoms with Crippen molar-refractivity contribution in [1.82, 2.24) is 19.7 Å². The first kappa shape index (κ1) is 22.3. The lowest BCUT2D eigenvalue weighted by Gasteiger charge is -2.34. The van der Waals surface area contributed by atoms with Gasteiger partial charge in [-0.25, -0.2) is 9.07 Å². The standard InChI is InChI=1S/C27H29FN4O2/c1-17-8-7-12-23(18(17)2)30-25(33)16-32-27(34)26-21(14-29-32)20-10-4-6-13-24(20)31(26)15-19-9-3-5-11-22(19)28/h3-6,9-11,13-14,17-18,23H,7-8,12,15-16H2,1-2H3,(H,30,33)/t17-,18-,23+/m1/s1. The molecule has 0 saturated heterocycles. The third-order valence-electron chi connectivity index (χ3n) is 7.41. The molecule has 1 amide bonds. The smallest absolute Gasteiger partial charge is 0.291 e. The maximum atomic E-state index is 14.5. The van der Waals surface area contributed by atoms with Crippen molar-refractivity contribution < 1.29 is 9.18 Å². The molecule has 2 aromatic heterocycles. The number of carbonyl (C=O) groups is 1. The fraction of sp³-hybridized carbons (Fsp3) is 0.370. The highest BCUT2D eigenvalue weighted by atomic mass is 19.1. The van der Waals surface area contributed by atoms with E-state index < -0.39 is 0 Å². The van der Waals surface area contributed by atoms with Gasteiger partial charge in [-0.3, -0.25) is 9.59 Å². The highest BCUT2D eigenvalue weighted by molar-refractivity contribution is 6.07. The summed E-state index contributed by atoms with van der Waals surface area (Å²) in [6.07, 6.45) is 4.86. The molecule has 1 N–H and O–H groups in total. The molecule has 1 fully saturated rings. The van der Waals surface area contributed by atoms with E-state index in [0.29, 0.717) is 28.3 Å². The molecule has 2 aromatic carbocycles. The van der Waals surface area contributed by atoms with E-state index in [-0.39, 0.29) is 36.4 Å². The molecule has 3 atom stereocenters. The van der Waals surface area contributed by atoms with Gasteiger partial charge in [0.2, 0.25) is 5.91 Å². The average Bonchev–Trinajstić information content (AvgIpc) is 3.14. The number of benzene rings is 2. The summed E-state index contributed by atoms with van der Waals surface area (Å²) in [7, 11) is 0. The van der Waals surface area contributed by atoms with E-state index in [1.807, 2.05) is 28.8 Å². The number of nitrogens with zero attached hydrogens (tertiary/aromatic N) is 3. The molecule has 1 aliphatic carbocycles. The van der Waals surface area contributed by atoms with Gasteiger partial charge in [-0.2, -0.15) is 5.10 Å². The first-order valence-electron chi connectivity index (χ1n) is 11.9. The normalized spacial score (nSPS) is 20.6. The molecule has 34 heavy (non-hydrogen) atoms. The van der Waals surface area contributed by atoms with Crippen molar-refractivity contribution in [1.29, 1.82) is 0 Å². The number of para-hydroxylation sites is 1. The van der Waals surface area contributed by atoms with Gasteiger partial charge in [0.05, 0.1) is 12.7 Å². The van der Waals surface area contributed by atoms with Crippen molar-refractivity contribution in [2.75, 3.05) is 0 Å². The molecule has 7 heteroatoms. The zero-order valence-electron chi connectivity index (χ0n) is 19.5. The van der Waals surface area contributed by atoms with Gasteiger partial charge in [0.25, 0.3) is 5.56 Å². The predicted octanol–water partition coefficient (Wildman–Crippen LogP) is 4.48. The monoisotopic (exact) mass is 460 g/mol. The molecular weight excluding hydrogens is 431 g/mol. The second-order valence-corrected chi connectivity index (χ2v) is 9.51. The fourth-order valence-electron chi connectivity index (χ4n) is 5.24. The van der Waals surface area contributed by atoms with Crippen molar-refractivity contribution in [3.63, 3.8) is 0 Å². The van der Waals surface area contributed by atoms with Gasteiger partial charge in [0, 0.05) is 27.9 Å². The Hall–Kier alpha value is -3.48. The van der Waals surface area contributed by atoms with Crippen LogP contribution in [0.4, 0.5) is 4.39 Å². The van der Waals surface area contributed by atoms with Crippen LogP contribution in [-0.2, 0) is 17.9 Å². The zero-order valence-corrected chi connectivity index (χ0v) is 19.5. The number of amides is 1. The maximum Gasteiger partial charge on any atom is 0.291 e. The molecule has 1 aliphatic rings. The largest absolute Gasteiger partial charge is 0.351 e. The van der Waals surface area contributed by atoms with Crippen LogP contribution in [0.15, 0.2) is 59.5 Å². The third-order valence-corrected chi connectivity index (χ3v) is 7.41. The summed E-state index contributed by atoms with van der Waals surface area (Å²) in [5.41, 5.74) is 1.38. The Morgan fingerprint density at radius 2 is 1.85 bits per heavy atom. The van der Waals surface area contributed by atoms with Crippen molar-refractivity contribution in [2.45, 2.75) is 52.2 Å². The second-order valence-electron chi connectivity index (χ2n) is 9.51. The molecule has 2 heterocycles. The molecule has 6 nitrogen and oxygen atoms in total. The quantitative estimate of drug-likeness (QED) is 0.478. The van der Waals surface area contributed by atoms with Crippen molar-refractivity contribution in [2.24, 2.45) is 11.8 Å². The van der Waals surface area contributed by atoms with Crippen molar-refractivity contribution >= 4 is 27.7 Å². The number of carbonyl (C=O) groups excluding carboxylic acids is 1. The maximum absolute atomic E-state index is 14.5. The summed E-state index contributed by atoms with van der Waals surface area (Å²) >= 11 is 0. The SMILES string of the molecule is C[C@@H]1[C@H](C)CCC[C@@H]1NC(=O)Cn1ncc2c3ccccc3n(Cc3ccccc3F)c2c1=O. The number of hydrogen-bond acceptors (Lipinski definition) is 3. The number of fused-ring (bicyclic) bond motifs is 3. The fourth-order valence-corrected chi connectivity index (χ4v) is 5.24. The Balaban J connectivity index is 1.52.